The Hall–Kier alpha value is -2.80. The molecule has 0 amide bonds. The number of halogens is 1. The van der Waals surface area contributed by atoms with Crippen LogP contribution in [-0.2, 0) is 0 Å². The van der Waals surface area contributed by atoms with Gasteiger partial charge in [0, 0.05) is 28.8 Å². The van der Waals surface area contributed by atoms with Crippen LogP contribution in [0.25, 0.3) is 22.8 Å². The lowest BCUT2D eigenvalue weighted by Crippen LogP contribution is -1.99. The second kappa shape index (κ2) is 7.67. The highest BCUT2D eigenvalue weighted by Crippen LogP contribution is 2.39. The highest BCUT2D eigenvalue weighted by atomic mass is 35.5. The van der Waals surface area contributed by atoms with Crippen LogP contribution in [0.4, 0.5) is 0 Å². The molecule has 3 aromatic rings. The third kappa shape index (κ3) is 3.49. The Morgan fingerprint density at radius 3 is 2.54 bits per heavy atom. The van der Waals surface area contributed by atoms with E-state index in [4.69, 9.17) is 25.6 Å². The smallest absolute Gasteiger partial charge is 0.258 e. The van der Waals surface area contributed by atoms with E-state index in [-0.39, 0.29) is 16.5 Å². The number of rotatable bonds is 5. The number of phenolic OH excluding ortho intramolecular Hbond substituents is 1. The average Bonchev–Trinajstić information content (AvgIpc) is 3.42. The predicted octanol–water partition coefficient (Wildman–Crippen LogP) is 4.83. The molecule has 8 heteroatoms. The average molecular weight is 402 g/mol. The zero-order chi connectivity index (χ0) is 19.7. The fraction of sp³-hybridized carbons (Fsp3) is 0.350. The van der Waals surface area contributed by atoms with Gasteiger partial charge >= 0.3 is 0 Å². The number of aromatic hydroxyl groups is 1. The first-order chi connectivity index (χ1) is 13.6. The van der Waals surface area contributed by atoms with Crippen LogP contribution < -0.4 is 9.47 Å². The summed E-state index contributed by atoms with van der Waals surface area (Å²) in [5.41, 5.74) is 2.32. The molecule has 0 atom stereocenters. The van der Waals surface area contributed by atoms with Crippen molar-refractivity contribution < 1.29 is 19.1 Å². The third-order valence-corrected chi connectivity index (χ3v) is 5.27. The van der Waals surface area contributed by atoms with E-state index in [1.807, 2.05) is 6.07 Å². The van der Waals surface area contributed by atoms with E-state index >= 15 is 0 Å². The molecule has 4 rings (SSSR count). The monoisotopic (exact) mass is 401 g/mol. The minimum Gasteiger partial charge on any atom is -0.503 e. The SMILES string of the molecule is COc1cc(-c2nc(-c3cc(Cl)c(O)c(OC)c3)no2)cc(C2CCCC2)n1. The second-order valence-electron chi connectivity index (χ2n) is 6.74. The maximum Gasteiger partial charge on any atom is 0.258 e. The van der Waals surface area contributed by atoms with Gasteiger partial charge in [0.25, 0.3) is 5.89 Å². The topological polar surface area (TPSA) is 90.5 Å². The van der Waals surface area contributed by atoms with Crippen molar-refractivity contribution >= 4 is 11.6 Å². The summed E-state index contributed by atoms with van der Waals surface area (Å²) >= 11 is 6.06. The summed E-state index contributed by atoms with van der Waals surface area (Å²) in [5, 5.41) is 14.1. The van der Waals surface area contributed by atoms with Crippen LogP contribution in [0, 0.1) is 0 Å². The molecule has 1 N–H and O–H groups in total. The molecule has 1 saturated carbocycles. The molecular weight excluding hydrogens is 382 g/mol. The highest BCUT2D eigenvalue weighted by molar-refractivity contribution is 6.32. The minimum atomic E-state index is -0.128. The van der Waals surface area contributed by atoms with Gasteiger partial charge in [-0.25, -0.2) is 4.98 Å². The predicted molar refractivity (Wildman–Crippen MR) is 104 cm³/mol. The second-order valence-corrected chi connectivity index (χ2v) is 7.14. The van der Waals surface area contributed by atoms with E-state index in [0.717, 1.165) is 24.1 Å². The highest BCUT2D eigenvalue weighted by Gasteiger charge is 2.22. The van der Waals surface area contributed by atoms with Crippen molar-refractivity contribution in [1.29, 1.82) is 0 Å². The lowest BCUT2D eigenvalue weighted by molar-refractivity contribution is 0.373. The zero-order valence-corrected chi connectivity index (χ0v) is 16.4. The van der Waals surface area contributed by atoms with Crippen molar-refractivity contribution in [1.82, 2.24) is 15.1 Å². The summed E-state index contributed by atoms with van der Waals surface area (Å²) in [6, 6.07) is 6.93. The third-order valence-electron chi connectivity index (χ3n) is 4.98. The largest absolute Gasteiger partial charge is 0.503 e. The molecule has 28 heavy (non-hydrogen) atoms. The van der Waals surface area contributed by atoms with E-state index in [9.17, 15) is 5.11 Å². The molecule has 1 aromatic carbocycles. The molecule has 1 aliphatic carbocycles. The van der Waals surface area contributed by atoms with Gasteiger partial charge in [-0.1, -0.05) is 29.6 Å². The van der Waals surface area contributed by atoms with Crippen molar-refractivity contribution in [2.45, 2.75) is 31.6 Å². The molecule has 0 spiro atoms. The fourth-order valence-corrected chi connectivity index (χ4v) is 3.71. The van der Waals surface area contributed by atoms with Crippen LogP contribution in [0.2, 0.25) is 5.02 Å². The Labute approximate surface area is 167 Å². The molecule has 0 unspecified atom stereocenters. The van der Waals surface area contributed by atoms with Crippen LogP contribution in [0.1, 0.15) is 37.3 Å². The summed E-state index contributed by atoms with van der Waals surface area (Å²) in [6.45, 7) is 0. The molecule has 146 valence electrons. The number of aromatic nitrogens is 3. The van der Waals surface area contributed by atoms with E-state index in [1.165, 1.54) is 20.0 Å². The van der Waals surface area contributed by atoms with Gasteiger partial charge in [0.1, 0.15) is 0 Å². The quantitative estimate of drug-likeness (QED) is 0.654. The Morgan fingerprint density at radius 2 is 1.82 bits per heavy atom. The first-order valence-electron chi connectivity index (χ1n) is 9.06. The van der Waals surface area contributed by atoms with Crippen LogP contribution in [0.15, 0.2) is 28.8 Å². The number of ether oxygens (including phenoxy) is 2. The van der Waals surface area contributed by atoms with Crippen molar-refractivity contribution in [3.63, 3.8) is 0 Å². The molecule has 7 nitrogen and oxygen atoms in total. The van der Waals surface area contributed by atoms with E-state index in [0.29, 0.717) is 29.1 Å². The maximum atomic E-state index is 9.90. The molecule has 1 aliphatic rings. The van der Waals surface area contributed by atoms with Crippen LogP contribution in [0.3, 0.4) is 0 Å². The van der Waals surface area contributed by atoms with E-state index in [2.05, 4.69) is 15.1 Å². The van der Waals surface area contributed by atoms with Gasteiger partial charge in [0.15, 0.2) is 11.5 Å². The van der Waals surface area contributed by atoms with Crippen molar-refractivity contribution in [3.05, 3.63) is 35.0 Å². The van der Waals surface area contributed by atoms with E-state index in [1.54, 1.807) is 25.3 Å². The van der Waals surface area contributed by atoms with Gasteiger partial charge in [-0.2, -0.15) is 4.98 Å². The standard InChI is InChI=1S/C20H20ClN3O4/c1-26-16-9-12(7-14(21)18(16)25)19-23-20(28-24-19)13-8-15(11-5-3-4-6-11)22-17(10-13)27-2/h7-11,25H,3-6H2,1-2H3. The maximum absolute atomic E-state index is 9.90. The number of pyridine rings is 1. The van der Waals surface area contributed by atoms with Gasteiger partial charge < -0.3 is 19.1 Å². The first kappa shape index (κ1) is 18.6. The van der Waals surface area contributed by atoms with Gasteiger partial charge in [0.2, 0.25) is 11.7 Å². The van der Waals surface area contributed by atoms with Crippen molar-refractivity contribution in [2.75, 3.05) is 14.2 Å². The number of benzene rings is 1. The lowest BCUT2D eigenvalue weighted by atomic mass is 10.0. The number of phenols is 1. The molecule has 0 saturated heterocycles. The Balaban J connectivity index is 1.71. The normalized spacial score (nSPS) is 14.4. The Morgan fingerprint density at radius 1 is 1.04 bits per heavy atom. The van der Waals surface area contributed by atoms with Gasteiger partial charge in [-0.15, -0.1) is 0 Å². The Kier molecular flexibility index (Phi) is 5.09. The lowest BCUT2D eigenvalue weighted by Gasteiger charge is -2.11. The minimum absolute atomic E-state index is 0.128. The molecule has 2 heterocycles. The summed E-state index contributed by atoms with van der Waals surface area (Å²) in [5.74, 6) is 1.76. The van der Waals surface area contributed by atoms with Crippen molar-refractivity contribution in [3.8, 4) is 40.2 Å². The first-order valence-corrected chi connectivity index (χ1v) is 9.43. The number of nitrogens with zero attached hydrogens (tertiary/aromatic N) is 3. The van der Waals surface area contributed by atoms with Gasteiger partial charge in [0.05, 0.1) is 19.2 Å². The summed E-state index contributed by atoms with van der Waals surface area (Å²) in [4.78, 5) is 9.08. The van der Waals surface area contributed by atoms with Crippen LogP contribution >= 0.6 is 11.6 Å². The van der Waals surface area contributed by atoms with Crippen molar-refractivity contribution in [2.24, 2.45) is 0 Å². The molecule has 2 aromatic heterocycles. The summed E-state index contributed by atoms with van der Waals surface area (Å²) in [7, 11) is 3.04. The molecule has 1 fully saturated rings. The van der Waals surface area contributed by atoms with Crippen LogP contribution in [0.5, 0.6) is 17.4 Å². The number of hydrogen-bond acceptors (Lipinski definition) is 7. The zero-order valence-electron chi connectivity index (χ0n) is 15.6. The molecule has 0 aliphatic heterocycles. The summed E-state index contributed by atoms with van der Waals surface area (Å²) in [6.07, 6.45) is 4.68. The molecule has 0 bridgehead atoms. The van der Waals surface area contributed by atoms with Crippen LogP contribution in [-0.4, -0.2) is 34.5 Å². The summed E-state index contributed by atoms with van der Waals surface area (Å²) < 4.78 is 16.0. The number of methoxy groups -OCH3 is 2. The molecular formula is C20H20ClN3O4. The van der Waals surface area contributed by atoms with Gasteiger partial charge in [-0.05, 0) is 31.0 Å². The number of hydrogen-bond donors (Lipinski definition) is 1. The van der Waals surface area contributed by atoms with Gasteiger partial charge in [-0.3, -0.25) is 0 Å². The molecule has 0 radical (unpaired) electrons. The fourth-order valence-electron chi connectivity index (χ4n) is 3.50. The van der Waals surface area contributed by atoms with E-state index < -0.39 is 0 Å². The Bertz CT molecular complexity index is 999.